The first-order valence-corrected chi connectivity index (χ1v) is 6.22. The molecule has 2 aromatic rings. The Morgan fingerprint density at radius 2 is 2.00 bits per heavy atom. The van der Waals surface area contributed by atoms with Crippen LogP contribution in [0, 0.1) is 0 Å². The van der Waals surface area contributed by atoms with Gasteiger partial charge in [0, 0.05) is 12.6 Å². The number of hydrogen-bond donors (Lipinski definition) is 3. The Bertz CT molecular complexity index is 612. The average Bonchev–Trinajstić information content (AvgIpc) is 3.12. The van der Waals surface area contributed by atoms with Gasteiger partial charge in [-0.1, -0.05) is 18.2 Å². The Morgan fingerprint density at radius 3 is 2.75 bits per heavy atom. The molecule has 2 amide bonds. The zero-order chi connectivity index (χ0) is 13.9. The SMILES string of the molecule is O=C(NNC(=O)[C@H]1Cc2ccccc2O1)c1ccc[nH]1. The first-order valence-electron chi connectivity index (χ1n) is 6.22. The highest BCUT2D eigenvalue weighted by atomic mass is 16.5. The van der Waals surface area contributed by atoms with Gasteiger partial charge in [-0.3, -0.25) is 20.4 Å². The minimum absolute atomic E-state index is 0.374. The normalized spacial score (nSPS) is 16.1. The van der Waals surface area contributed by atoms with Crippen LogP contribution >= 0.6 is 0 Å². The van der Waals surface area contributed by atoms with Gasteiger partial charge in [0.1, 0.15) is 11.4 Å². The van der Waals surface area contributed by atoms with Crippen molar-refractivity contribution in [2.75, 3.05) is 0 Å². The van der Waals surface area contributed by atoms with Gasteiger partial charge in [-0.15, -0.1) is 0 Å². The molecule has 0 aliphatic carbocycles. The van der Waals surface area contributed by atoms with Crippen molar-refractivity contribution >= 4 is 11.8 Å². The van der Waals surface area contributed by atoms with Crippen LogP contribution in [-0.4, -0.2) is 22.9 Å². The first-order chi connectivity index (χ1) is 9.74. The minimum Gasteiger partial charge on any atom is -0.480 e. The molecule has 0 spiro atoms. The molecule has 3 rings (SSSR count). The van der Waals surface area contributed by atoms with Crippen molar-refractivity contribution in [3.63, 3.8) is 0 Å². The molecule has 0 radical (unpaired) electrons. The molecule has 3 N–H and O–H groups in total. The lowest BCUT2D eigenvalue weighted by molar-refractivity contribution is -0.128. The number of hydrogen-bond acceptors (Lipinski definition) is 3. The van der Waals surface area contributed by atoms with Crippen molar-refractivity contribution in [2.45, 2.75) is 12.5 Å². The highest BCUT2D eigenvalue weighted by Gasteiger charge is 2.28. The number of hydrazine groups is 1. The van der Waals surface area contributed by atoms with Gasteiger partial charge in [-0.25, -0.2) is 0 Å². The summed E-state index contributed by atoms with van der Waals surface area (Å²) in [7, 11) is 0. The van der Waals surface area contributed by atoms with Crippen molar-refractivity contribution in [1.29, 1.82) is 0 Å². The summed E-state index contributed by atoms with van der Waals surface area (Å²) in [5.41, 5.74) is 6.07. The quantitative estimate of drug-likeness (QED) is 0.706. The van der Waals surface area contributed by atoms with Gasteiger partial charge in [-0.2, -0.15) is 0 Å². The summed E-state index contributed by atoms with van der Waals surface area (Å²) in [6, 6.07) is 10.8. The molecular weight excluding hydrogens is 258 g/mol. The van der Waals surface area contributed by atoms with Crippen LogP contribution in [0.4, 0.5) is 0 Å². The van der Waals surface area contributed by atoms with Crippen LogP contribution < -0.4 is 15.6 Å². The number of benzene rings is 1. The largest absolute Gasteiger partial charge is 0.480 e. The third-order valence-corrected chi connectivity index (χ3v) is 3.08. The lowest BCUT2D eigenvalue weighted by Gasteiger charge is -2.11. The highest BCUT2D eigenvalue weighted by Crippen LogP contribution is 2.27. The zero-order valence-corrected chi connectivity index (χ0v) is 10.6. The average molecular weight is 271 g/mol. The van der Waals surface area contributed by atoms with E-state index in [-0.39, 0.29) is 5.91 Å². The molecule has 6 nitrogen and oxygen atoms in total. The summed E-state index contributed by atoms with van der Waals surface area (Å²) < 4.78 is 5.52. The van der Waals surface area contributed by atoms with Gasteiger partial charge < -0.3 is 9.72 Å². The number of rotatable bonds is 2. The van der Waals surface area contributed by atoms with Crippen LogP contribution in [0.2, 0.25) is 0 Å². The van der Waals surface area contributed by atoms with Gasteiger partial charge in [0.25, 0.3) is 11.8 Å². The zero-order valence-electron chi connectivity index (χ0n) is 10.6. The number of aromatic amines is 1. The molecule has 0 saturated heterocycles. The fraction of sp³-hybridized carbons (Fsp3) is 0.143. The smallest absolute Gasteiger partial charge is 0.286 e. The number of ether oxygens (including phenoxy) is 1. The predicted octanol–water partition coefficient (Wildman–Crippen LogP) is 0.779. The molecule has 1 aliphatic heterocycles. The van der Waals surface area contributed by atoms with E-state index in [4.69, 9.17) is 4.74 Å². The third-order valence-electron chi connectivity index (χ3n) is 3.08. The maximum Gasteiger partial charge on any atom is 0.286 e. The second-order valence-electron chi connectivity index (χ2n) is 4.45. The van der Waals surface area contributed by atoms with Crippen molar-refractivity contribution < 1.29 is 14.3 Å². The molecule has 1 aromatic carbocycles. The molecule has 0 saturated carbocycles. The summed E-state index contributed by atoms with van der Waals surface area (Å²) >= 11 is 0. The molecule has 0 bridgehead atoms. The van der Waals surface area contributed by atoms with E-state index >= 15 is 0 Å². The minimum atomic E-state index is -0.614. The van der Waals surface area contributed by atoms with Crippen molar-refractivity contribution in [1.82, 2.24) is 15.8 Å². The number of H-pyrrole nitrogens is 1. The fourth-order valence-electron chi connectivity index (χ4n) is 2.07. The molecule has 0 fully saturated rings. The summed E-state index contributed by atoms with van der Waals surface area (Å²) in [5, 5.41) is 0. The van der Waals surface area contributed by atoms with E-state index in [1.807, 2.05) is 24.3 Å². The van der Waals surface area contributed by atoms with Gasteiger partial charge in [0.05, 0.1) is 0 Å². The van der Waals surface area contributed by atoms with E-state index in [0.29, 0.717) is 17.9 Å². The van der Waals surface area contributed by atoms with Gasteiger partial charge >= 0.3 is 0 Å². The van der Waals surface area contributed by atoms with Crippen molar-refractivity contribution in [3.05, 3.63) is 53.9 Å². The molecule has 2 heterocycles. The third kappa shape index (κ3) is 2.35. The van der Waals surface area contributed by atoms with Crippen LogP contribution in [-0.2, 0) is 11.2 Å². The fourth-order valence-corrected chi connectivity index (χ4v) is 2.07. The van der Waals surface area contributed by atoms with Crippen molar-refractivity contribution in [2.24, 2.45) is 0 Å². The van der Waals surface area contributed by atoms with Gasteiger partial charge in [0.15, 0.2) is 6.10 Å². The topological polar surface area (TPSA) is 83.2 Å². The monoisotopic (exact) mass is 271 g/mol. The number of fused-ring (bicyclic) bond motifs is 1. The Hall–Kier alpha value is -2.76. The lowest BCUT2D eigenvalue weighted by Crippen LogP contribution is -2.47. The Morgan fingerprint density at radius 1 is 1.15 bits per heavy atom. The number of nitrogens with one attached hydrogen (secondary N) is 3. The second-order valence-corrected chi connectivity index (χ2v) is 4.45. The predicted molar refractivity (Wildman–Crippen MR) is 71.0 cm³/mol. The number of aromatic nitrogens is 1. The molecule has 6 heteroatoms. The molecule has 0 unspecified atom stereocenters. The molecule has 102 valence electrons. The summed E-state index contributed by atoms with van der Waals surface area (Å²) in [4.78, 5) is 26.3. The Balaban J connectivity index is 1.55. The maximum absolute atomic E-state index is 11.9. The van der Waals surface area contributed by atoms with E-state index in [2.05, 4.69) is 15.8 Å². The van der Waals surface area contributed by atoms with E-state index in [1.54, 1.807) is 18.3 Å². The summed E-state index contributed by atoms with van der Waals surface area (Å²) in [5.74, 6) is -0.0664. The lowest BCUT2D eigenvalue weighted by atomic mass is 10.1. The van der Waals surface area contributed by atoms with E-state index < -0.39 is 12.0 Å². The Labute approximate surface area is 115 Å². The Kier molecular flexibility index (Phi) is 3.12. The number of para-hydroxylation sites is 1. The summed E-state index contributed by atoms with van der Waals surface area (Å²) in [6.07, 6.45) is 1.52. The first kappa shape index (κ1) is 12.3. The van der Waals surface area contributed by atoms with Crippen LogP contribution in [0.5, 0.6) is 5.75 Å². The molecular formula is C14H13N3O3. The van der Waals surface area contributed by atoms with Crippen LogP contribution in [0.15, 0.2) is 42.6 Å². The number of carbonyl (C=O) groups is 2. The van der Waals surface area contributed by atoms with Crippen LogP contribution in [0.1, 0.15) is 16.1 Å². The molecule has 1 aliphatic rings. The van der Waals surface area contributed by atoms with E-state index in [1.165, 1.54) is 0 Å². The highest BCUT2D eigenvalue weighted by molar-refractivity contribution is 5.94. The second kappa shape index (κ2) is 5.08. The maximum atomic E-state index is 11.9. The standard InChI is InChI=1S/C14H13N3O3/c18-13(10-5-3-7-15-10)16-17-14(19)12-8-9-4-1-2-6-11(9)20-12/h1-7,12,15H,8H2,(H,16,18)(H,17,19)/t12-/m1/s1. The van der Waals surface area contributed by atoms with Crippen molar-refractivity contribution in [3.8, 4) is 5.75 Å². The number of amides is 2. The molecule has 20 heavy (non-hydrogen) atoms. The van der Waals surface area contributed by atoms with Crippen LogP contribution in [0.25, 0.3) is 0 Å². The van der Waals surface area contributed by atoms with Gasteiger partial charge in [-0.05, 0) is 23.8 Å². The van der Waals surface area contributed by atoms with Gasteiger partial charge in [0.2, 0.25) is 0 Å². The molecule has 1 aromatic heterocycles. The van der Waals surface area contributed by atoms with E-state index in [0.717, 1.165) is 5.56 Å². The van der Waals surface area contributed by atoms with Crippen LogP contribution in [0.3, 0.4) is 0 Å². The number of carbonyl (C=O) groups excluding carboxylic acids is 2. The molecule has 1 atom stereocenters. The van der Waals surface area contributed by atoms with E-state index in [9.17, 15) is 9.59 Å². The summed E-state index contributed by atoms with van der Waals surface area (Å²) in [6.45, 7) is 0.